The topological polar surface area (TPSA) is 43.1 Å². The van der Waals surface area contributed by atoms with E-state index in [1.54, 1.807) is 0 Å². The number of nitrogens with two attached hydrogens (primary N) is 1. The fourth-order valence-electron chi connectivity index (χ4n) is 0.116. The molecule has 2 nitrogen and oxygen atoms in total. The lowest BCUT2D eigenvalue weighted by molar-refractivity contribution is -0.116. The summed E-state index contributed by atoms with van der Waals surface area (Å²) in [6.07, 6.45) is 1.28. The van der Waals surface area contributed by atoms with Crippen LogP contribution in [0.25, 0.3) is 0 Å². The van der Waals surface area contributed by atoms with Gasteiger partial charge in [-0.25, -0.2) is 0 Å². The van der Waals surface area contributed by atoms with Gasteiger partial charge in [-0.2, -0.15) is 0 Å². The smallest absolute Gasteiger partial charge is 0.239 e. The summed E-state index contributed by atoms with van der Waals surface area (Å²) in [4.78, 5) is 9.95. The highest BCUT2D eigenvalue weighted by atomic mass is 35.5. The average molecular weight is 120 g/mol. The zero-order valence-electron chi connectivity index (χ0n) is 3.73. The Bertz CT molecular complexity index is 91.7. The highest BCUT2D eigenvalue weighted by molar-refractivity contribution is 6.31. The van der Waals surface area contributed by atoms with Crippen molar-refractivity contribution in [3.63, 3.8) is 0 Å². The molecule has 2 N–H and O–H groups in total. The molecule has 0 saturated heterocycles. The Labute approximate surface area is 46.9 Å². The van der Waals surface area contributed by atoms with Crippen molar-refractivity contribution < 1.29 is 4.79 Å². The summed E-state index contributed by atoms with van der Waals surface area (Å²) >= 11 is 5.21. The molecule has 1 atom stereocenters. The van der Waals surface area contributed by atoms with E-state index in [0.29, 0.717) is 0 Å². The van der Waals surface area contributed by atoms with Crippen LogP contribution in [-0.4, -0.2) is 11.3 Å². The minimum atomic E-state index is -0.722. The van der Waals surface area contributed by atoms with Crippen LogP contribution in [0, 0.1) is 0 Å². The first kappa shape index (κ1) is 6.50. The fraction of sp³-hybridized carbons (Fsp3) is 0.250. The molecule has 3 heteroatoms. The van der Waals surface area contributed by atoms with Crippen molar-refractivity contribution in [1.82, 2.24) is 0 Å². The Hall–Kier alpha value is -0.500. The maximum Gasteiger partial charge on any atom is 0.239 e. The molecule has 0 aliphatic carbocycles. The van der Waals surface area contributed by atoms with Gasteiger partial charge in [0.05, 0.1) is 0 Å². The highest BCUT2D eigenvalue weighted by Crippen LogP contribution is 1.92. The van der Waals surface area contributed by atoms with Crippen molar-refractivity contribution in [3.8, 4) is 0 Å². The second-order valence-electron chi connectivity index (χ2n) is 1.04. The minimum absolute atomic E-state index is 0.559. The number of primary amides is 1. The van der Waals surface area contributed by atoms with E-state index >= 15 is 0 Å². The lowest BCUT2D eigenvalue weighted by atomic mass is 10.4. The molecule has 0 aliphatic rings. The second kappa shape index (κ2) is 2.64. The van der Waals surface area contributed by atoms with Crippen LogP contribution in [0.5, 0.6) is 0 Å². The molecule has 7 heavy (non-hydrogen) atoms. The third-order valence-electron chi connectivity index (χ3n) is 0.479. The van der Waals surface area contributed by atoms with E-state index in [2.05, 4.69) is 6.58 Å². The molecule has 40 valence electrons. The summed E-state index contributed by atoms with van der Waals surface area (Å²) in [5.74, 6) is -0.559. The van der Waals surface area contributed by atoms with Crippen LogP contribution < -0.4 is 5.73 Å². The summed E-state index contributed by atoms with van der Waals surface area (Å²) in [7, 11) is 0. The zero-order valence-corrected chi connectivity index (χ0v) is 4.48. The first-order valence-corrected chi connectivity index (χ1v) is 2.18. The first-order chi connectivity index (χ1) is 3.18. The monoisotopic (exact) mass is 119 g/mol. The number of carbonyl (C=O) groups excluding carboxylic acids is 1. The maximum atomic E-state index is 9.95. The molecule has 0 bridgehead atoms. The van der Waals surface area contributed by atoms with E-state index in [1.807, 2.05) is 0 Å². The number of rotatable bonds is 2. The summed E-state index contributed by atoms with van der Waals surface area (Å²) < 4.78 is 0. The van der Waals surface area contributed by atoms with Crippen LogP contribution in [-0.2, 0) is 4.79 Å². The molecular formula is C4H6ClNO. The summed E-state index contributed by atoms with van der Waals surface area (Å²) in [5, 5.41) is -0.722. The third-order valence-corrected chi connectivity index (χ3v) is 0.872. The predicted octanol–water partition coefficient (Wildman–Crippen LogP) is 0.265. The van der Waals surface area contributed by atoms with E-state index in [4.69, 9.17) is 17.3 Å². The molecule has 0 aromatic rings. The molecule has 1 amide bonds. The Kier molecular flexibility index (Phi) is 2.45. The van der Waals surface area contributed by atoms with Gasteiger partial charge in [0.1, 0.15) is 5.38 Å². The van der Waals surface area contributed by atoms with Gasteiger partial charge in [-0.1, -0.05) is 6.08 Å². The maximum absolute atomic E-state index is 9.95. The van der Waals surface area contributed by atoms with Gasteiger partial charge in [0.15, 0.2) is 0 Å². The van der Waals surface area contributed by atoms with E-state index < -0.39 is 11.3 Å². The summed E-state index contributed by atoms with van der Waals surface area (Å²) in [5.41, 5.74) is 4.70. The number of hydrogen-bond donors (Lipinski definition) is 1. The molecule has 0 aromatic carbocycles. The Balaban J connectivity index is 3.55. The lowest BCUT2D eigenvalue weighted by Crippen LogP contribution is -2.20. The number of hydrogen-bond acceptors (Lipinski definition) is 1. The number of carbonyl (C=O) groups is 1. The van der Waals surface area contributed by atoms with Crippen LogP contribution >= 0.6 is 11.6 Å². The number of alkyl halides is 1. The normalized spacial score (nSPS) is 12.7. The third kappa shape index (κ3) is 2.23. The quantitative estimate of drug-likeness (QED) is 0.411. The van der Waals surface area contributed by atoms with Crippen LogP contribution in [0.3, 0.4) is 0 Å². The molecule has 0 fully saturated rings. The molecule has 0 radical (unpaired) electrons. The van der Waals surface area contributed by atoms with Crippen molar-refractivity contribution in [2.45, 2.75) is 5.38 Å². The van der Waals surface area contributed by atoms with Gasteiger partial charge in [-0.05, 0) is 0 Å². The second-order valence-corrected chi connectivity index (χ2v) is 1.51. The van der Waals surface area contributed by atoms with Crippen molar-refractivity contribution in [3.05, 3.63) is 12.7 Å². The van der Waals surface area contributed by atoms with Gasteiger partial charge in [0.2, 0.25) is 5.91 Å². The van der Waals surface area contributed by atoms with E-state index in [-0.39, 0.29) is 0 Å². The van der Waals surface area contributed by atoms with Crippen molar-refractivity contribution >= 4 is 17.5 Å². The van der Waals surface area contributed by atoms with Crippen LogP contribution in [0.15, 0.2) is 12.7 Å². The predicted molar refractivity (Wildman–Crippen MR) is 29.0 cm³/mol. The van der Waals surface area contributed by atoms with E-state index in [9.17, 15) is 4.79 Å². The SMILES string of the molecule is C=CC(Cl)C(N)=O. The number of halogens is 1. The van der Waals surface area contributed by atoms with Gasteiger partial charge in [0.25, 0.3) is 0 Å². The summed E-state index contributed by atoms with van der Waals surface area (Å²) in [6.45, 7) is 3.25. The largest absolute Gasteiger partial charge is 0.368 e. The Morgan fingerprint density at radius 2 is 2.43 bits per heavy atom. The van der Waals surface area contributed by atoms with Gasteiger partial charge in [-0.15, -0.1) is 18.2 Å². The van der Waals surface area contributed by atoms with Crippen molar-refractivity contribution in [2.24, 2.45) is 5.73 Å². The van der Waals surface area contributed by atoms with Gasteiger partial charge < -0.3 is 5.73 Å². The standard InChI is InChI=1S/C4H6ClNO/c1-2-3(5)4(6)7/h2-3H,1H2,(H2,6,7). The van der Waals surface area contributed by atoms with Crippen molar-refractivity contribution in [2.75, 3.05) is 0 Å². The molecule has 0 spiro atoms. The summed E-state index contributed by atoms with van der Waals surface area (Å²) in [6, 6.07) is 0. The van der Waals surface area contributed by atoms with Crippen LogP contribution in [0.2, 0.25) is 0 Å². The van der Waals surface area contributed by atoms with Gasteiger partial charge in [0, 0.05) is 0 Å². The fourth-order valence-corrected chi connectivity index (χ4v) is 0.116. The van der Waals surface area contributed by atoms with E-state index in [0.717, 1.165) is 0 Å². The molecule has 0 saturated carbocycles. The van der Waals surface area contributed by atoms with Crippen LogP contribution in [0.1, 0.15) is 0 Å². The average Bonchev–Trinajstić information content (AvgIpc) is 1.65. The number of amides is 1. The molecule has 0 rings (SSSR count). The zero-order chi connectivity index (χ0) is 5.86. The molecule has 0 heterocycles. The minimum Gasteiger partial charge on any atom is -0.368 e. The molecular weight excluding hydrogens is 114 g/mol. The van der Waals surface area contributed by atoms with Gasteiger partial charge in [-0.3, -0.25) is 4.79 Å². The Morgan fingerprint density at radius 1 is 2.00 bits per heavy atom. The molecule has 0 aliphatic heterocycles. The van der Waals surface area contributed by atoms with Crippen LogP contribution in [0.4, 0.5) is 0 Å². The first-order valence-electron chi connectivity index (χ1n) is 1.74. The Morgan fingerprint density at radius 3 is 2.43 bits per heavy atom. The molecule has 1 unspecified atom stereocenters. The van der Waals surface area contributed by atoms with E-state index in [1.165, 1.54) is 6.08 Å². The highest BCUT2D eigenvalue weighted by Gasteiger charge is 2.02. The lowest BCUT2D eigenvalue weighted by Gasteiger charge is -1.91. The molecule has 0 aromatic heterocycles. The van der Waals surface area contributed by atoms with Gasteiger partial charge >= 0.3 is 0 Å². The van der Waals surface area contributed by atoms with Crippen molar-refractivity contribution in [1.29, 1.82) is 0 Å².